The quantitative estimate of drug-likeness (QED) is 0.464. The zero-order valence-corrected chi connectivity index (χ0v) is 15.5. The number of rotatable bonds is 7. The molecule has 3 aromatic rings. The minimum absolute atomic E-state index is 0.0229. The van der Waals surface area contributed by atoms with Crippen LogP contribution in [0.3, 0.4) is 0 Å². The number of carbonyl (C=O) groups is 1. The number of nitrogens with two attached hydrogens (primary N) is 1. The third-order valence-electron chi connectivity index (χ3n) is 3.68. The second-order valence-corrected chi connectivity index (χ2v) is 5.75. The van der Waals surface area contributed by atoms with Crippen molar-refractivity contribution in [2.24, 2.45) is 0 Å². The molecule has 29 heavy (non-hydrogen) atoms. The van der Waals surface area contributed by atoms with Crippen molar-refractivity contribution < 1.29 is 18.7 Å². The average Bonchev–Trinajstić information content (AvgIpc) is 2.72. The number of methoxy groups -OCH3 is 1. The van der Waals surface area contributed by atoms with E-state index >= 15 is 0 Å². The minimum atomic E-state index is -0.604. The first-order valence-corrected chi connectivity index (χ1v) is 8.54. The standard InChI is InChI=1S/C20H18FN5O3/c1-28-16-5-3-2-4-15(16)23-20-25-17(24-19(22)26-20)12-29-18(27)11-8-13-6-9-14(21)10-7-13/h2-11H,12H2,1H3,(H3,22,23,24,25,26)/b11-8+. The lowest BCUT2D eigenvalue weighted by atomic mass is 10.2. The van der Waals surface area contributed by atoms with Gasteiger partial charge in [0.1, 0.15) is 11.6 Å². The fraction of sp³-hybridized carbons (Fsp3) is 0.100. The van der Waals surface area contributed by atoms with Crippen LogP contribution in [0.25, 0.3) is 6.08 Å². The SMILES string of the molecule is COc1ccccc1Nc1nc(N)nc(COC(=O)/C=C/c2ccc(F)cc2)n1. The number of nitrogens with one attached hydrogen (secondary N) is 1. The minimum Gasteiger partial charge on any atom is -0.495 e. The largest absolute Gasteiger partial charge is 0.495 e. The number of nitrogens with zero attached hydrogens (tertiary/aromatic N) is 3. The Kier molecular flexibility index (Phi) is 6.31. The molecule has 3 N–H and O–H groups in total. The molecule has 0 radical (unpaired) electrons. The van der Waals surface area contributed by atoms with Crippen molar-refractivity contribution in [3.8, 4) is 5.75 Å². The summed E-state index contributed by atoms with van der Waals surface area (Å²) in [5, 5.41) is 2.99. The zero-order chi connectivity index (χ0) is 20.6. The number of hydrogen-bond donors (Lipinski definition) is 2. The van der Waals surface area contributed by atoms with Gasteiger partial charge in [0, 0.05) is 6.08 Å². The Morgan fingerprint density at radius 1 is 1.14 bits per heavy atom. The number of aromatic nitrogens is 3. The van der Waals surface area contributed by atoms with E-state index in [9.17, 15) is 9.18 Å². The fourth-order valence-electron chi connectivity index (χ4n) is 2.35. The van der Waals surface area contributed by atoms with E-state index in [0.29, 0.717) is 17.0 Å². The molecule has 3 rings (SSSR count). The van der Waals surface area contributed by atoms with E-state index in [4.69, 9.17) is 15.2 Å². The van der Waals surface area contributed by atoms with Crippen LogP contribution in [0.1, 0.15) is 11.4 Å². The van der Waals surface area contributed by atoms with E-state index in [-0.39, 0.29) is 30.1 Å². The van der Waals surface area contributed by atoms with Crippen molar-refractivity contribution >= 4 is 29.6 Å². The summed E-state index contributed by atoms with van der Waals surface area (Å²) in [6, 6.07) is 12.9. The Balaban J connectivity index is 1.63. The Labute approximate surface area is 166 Å². The number of ether oxygens (including phenoxy) is 2. The van der Waals surface area contributed by atoms with Gasteiger partial charge in [-0.05, 0) is 35.9 Å². The van der Waals surface area contributed by atoms with Gasteiger partial charge < -0.3 is 20.5 Å². The Bertz CT molecular complexity index is 1020. The average molecular weight is 395 g/mol. The molecule has 0 bridgehead atoms. The normalized spacial score (nSPS) is 10.7. The smallest absolute Gasteiger partial charge is 0.331 e. The van der Waals surface area contributed by atoms with Crippen LogP contribution in [-0.2, 0) is 16.1 Å². The molecule has 1 heterocycles. The highest BCUT2D eigenvalue weighted by Gasteiger charge is 2.09. The van der Waals surface area contributed by atoms with Crippen molar-refractivity contribution in [1.82, 2.24) is 15.0 Å². The Morgan fingerprint density at radius 3 is 2.66 bits per heavy atom. The molecule has 0 atom stereocenters. The van der Waals surface area contributed by atoms with Crippen LogP contribution in [0.15, 0.2) is 54.6 Å². The predicted octanol–water partition coefficient (Wildman–Crippen LogP) is 3.10. The van der Waals surface area contributed by atoms with Crippen molar-refractivity contribution in [1.29, 1.82) is 0 Å². The Morgan fingerprint density at radius 2 is 1.90 bits per heavy atom. The highest BCUT2D eigenvalue weighted by Crippen LogP contribution is 2.25. The summed E-state index contributed by atoms with van der Waals surface area (Å²) in [5.74, 6) is -0.00809. The summed E-state index contributed by atoms with van der Waals surface area (Å²) in [6.45, 7) is -0.195. The third-order valence-corrected chi connectivity index (χ3v) is 3.68. The lowest BCUT2D eigenvalue weighted by molar-refractivity contribution is -0.139. The predicted molar refractivity (Wildman–Crippen MR) is 106 cm³/mol. The molecule has 0 saturated carbocycles. The molecule has 8 nitrogen and oxygen atoms in total. The first-order valence-electron chi connectivity index (χ1n) is 8.54. The highest BCUT2D eigenvalue weighted by molar-refractivity contribution is 5.87. The molecule has 0 aliphatic carbocycles. The van der Waals surface area contributed by atoms with Gasteiger partial charge in [-0.3, -0.25) is 0 Å². The van der Waals surface area contributed by atoms with Gasteiger partial charge in [-0.25, -0.2) is 9.18 Å². The molecule has 0 saturated heterocycles. The van der Waals surface area contributed by atoms with E-state index < -0.39 is 5.97 Å². The van der Waals surface area contributed by atoms with Crippen LogP contribution in [0.5, 0.6) is 5.75 Å². The lowest BCUT2D eigenvalue weighted by Crippen LogP contribution is -2.10. The van der Waals surface area contributed by atoms with Gasteiger partial charge in [-0.1, -0.05) is 24.3 Å². The van der Waals surface area contributed by atoms with Crippen molar-refractivity contribution in [2.45, 2.75) is 6.61 Å². The molecule has 2 aromatic carbocycles. The molecule has 0 spiro atoms. The van der Waals surface area contributed by atoms with E-state index in [2.05, 4.69) is 20.3 Å². The maximum absolute atomic E-state index is 12.9. The number of esters is 1. The van der Waals surface area contributed by atoms with E-state index in [1.54, 1.807) is 31.4 Å². The first-order chi connectivity index (χ1) is 14.0. The number of anilines is 3. The number of benzene rings is 2. The fourth-order valence-corrected chi connectivity index (χ4v) is 2.35. The molecule has 0 aliphatic heterocycles. The van der Waals surface area contributed by atoms with Crippen LogP contribution < -0.4 is 15.8 Å². The van der Waals surface area contributed by atoms with Gasteiger partial charge >= 0.3 is 5.97 Å². The second-order valence-electron chi connectivity index (χ2n) is 5.75. The van der Waals surface area contributed by atoms with E-state index in [0.717, 1.165) is 0 Å². The topological polar surface area (TPSA) is 112 Å². The van der Waals surface area contributed by atoms with Gasteiger partial charge in [-0.2, -0.15) is 15.0 Å². The van der Waals surface area contributed by atoms with Crippen molar-refractivity contribution in [3.63, 3.8) is 0 Å². The molecule has 148 valence electrons. The van der Waals surface area contributed by atoms with Crippen molar-refractivity contribution in [3.05, 3.63) is 71.8 Å². The zero-order valence-electron chi connectivity index (χ0n) is 15.5. The van der Waals surface area contributed by atoms with Gasteiger partial charge in [0.15, 0.2) is 12.4 Å². The summed E-state index contributed by atoms with van der Waals surface area (Å²) in [4.78, 5) is 24.1. The van der Waals surface area contributed by atoms with Crippen LogP contribution in [0, 0.1) is 5.82 Å². The molecule has 0 fully saturated rings. The van der Waals surface area contributed by atoms with Crippen LogP contribution in [0.4, 0.5) is 22.0 Å². The molecule has 0 unspecified atom stereocenters. The van der Waals surface area contributed by atoms with Gasteiger partial charge in [0.25, 0.3) is 0 Å². The van der Waals surface area contributed by atoms with Crippen LogP contribution >= 0.6 is 0 Å². The molecule has 9 heteroatoms. The lowest BCUT2D eigenvalue weighted by Gasteiger charge is -2.10. The summed E-state index contributed by atoms with van der Waals surface area (Å²) < 4.78 is 23.3. The molecule has 1 aromatic heterocycles. The summed E-state index contributed by atoms with van der Waals surface area (Å²) >= 11 is 0. The van der Waals surface area contributed by atoms with Crippen LogP contribution in [0.2, 0.25) is 0 Å². The summed E-state index contributed by atoms with van der Waals surface area (Å²) in [7, 11) is 1.55. The number of carbonyl (C=O) groups excluding carboxylic acids is 1. The second kappa shape index (κ2) is 9.27. The first kappa shape index (κ1) is 19.7. The number of hydrogen-bond acceptors (Lipinski definition) is 8. The van der Waals surface area contributed by atoms with Gasteiger partial charge in [0.05, 0.1) is 12.8 Å². The summed E-state index contributed by atoms with van der Waals surface area (Å²) in [5.41, 5.74) is 7.03. The van der Waals surface area contributed by atoms with E-state index in [1.807, 2.05) is 12.1 Å². The maximum Gasteiger partial charge on any atom is 0.331 e. The van der Waals surface area contributed by atoms with Gasteiger partial charge in [-0.15, -0.1) is 0 Å². The summed E-state index contributed by atoms with van der Waals surface area (Å²) in [6.07, 6.45) is 2.74. The van der Waals surface area contributed by atoms with Crippen molar-refractivity contribution in [2.75, 3.05) is 18.2 Å². The van der Waals surface area contributed by atoms with Gasteiger partial charge in [0.2, 0.25) is 11.9 Å². The number of halogens is 1. The third kappa shape index (κ3) is 5.73. The molecular formula is C20H18FN5O3. The Hall–Kier alpha value is -4.01. The monoisotopic (exact) mass is 395 g/mol. The molecule has 0 aliphatic rings. The van der Waals surface area contributed by atoms with E-state index in [1.165, 1.54) is 24.3 Å². The molecular weight excluding hydrogens is 377 g/mol. The highest BCUT2D eigenvalue weighted by atomic mass is 19.1. The number of nitrogen functional groups attached to an aromatic ring is 1. The molecule has 0 amide bonds. The maximum atomic E-state index is 12.9. The van der Waals surface area contributed by atoms with Crippen LogP contribution in [-0.4, -0.2) is 28.0 Å². The number of para-hydroxylation sites is 2.